The topological polar surface area (TPSA) is 81.9 Å². The highest BCUT2D eigenvalue weighted by molar-refractivity contribution is 6.33. The number of hydrogen-bond donors (Lipinski definition) is 3. The number of carbonyl (C=O) groups is 1. The molecule has 3 N–H and O–H groups in total. The molecule has 0 aliphatic carbocycles. The van der Waals surface area contributed by atoms with Gasteiger partial charge < -0.3 is 10.2 Å². The van der Waals surface area contributed by atoms with Gasteiger partial charge in [0.1, 0.15) is 5.75 Å². The number of anilines is 1. The lowest BCUT2D eigenvalue weighted by atomic mass is 10.2. The number of aromatic carboxylic acids is 1. The Morgan fingerprint density at radius 2 is 2.00 bits per heavy atom. The first kappa shape index (κ1) is 13.9. The van der Waals surface area contributed by atoms with Crippen LogP contribution in [0.1, 0.15) is 15.9 Å². The number of hydrazone groups is 1. The van der Waals surface area contributed by atoms with Crippen molar-refractivity contribution in [3.63, 3.8) is 0 Å². The lowest BCUT2D eigenvalue weighted by Gasteiger charge is -2.03. The highest BCUT2D eigenvalue weighted by Crippen LogP contribution is 2.20. The Morgan fingerprint density at radius 1 is 1.25 bits per heavy atom. The number of rotatable bonds is 4. The molecule has 0 aliphatic heterocycles. The zero-order valence-corrected chi connectivity index (χ0v) is 11.0. The molecule has 2 aromatic carbocycles. The van der Waals surface area contributed by atoms with E-state index < -0.39 is 5.97 Å². The molecule has 0 aromatic heterocycles. The second kappa shape index (κ2) is 6.08. The fourth-order valence-corrected chi connectivity index (χ4v) is 1.73. The Hall–Kier alpha value is -2.53. The molecule has 6 heteroatoms. The van der Waals surface area contributed by atoms with Gasteiger partial charge in [0.25, 0.3) is 0 Å². The van der Waals surface area contributed by atoms with Gasteiger partial charge in [0.15, 0.2) is 0 Å². The van der Waals surface area contributed by atoms with Gasteiger partial charge in [-0.2, -0.15) is 5.10 Å². The van der Waals surface area contributed by atoms with Gasteiger partial charge in [0, 0.05) is 5.56 Å². The molecule has 0 spiro atoms. The summed E-state index contributed by atoms with van der Waals surface area (Å²) in [6.45, 7) is 0. The summed E-state index contributed by atoms with van der Waals surface area (Å²) in [4.78, 5) is 10.9. The van der Waals surface area contributed by atoms with Crippen LogP contribution < -0.4 is 5.43 Å². The van der Waals surface area contributed by atoms with E-state index in [1.807, 2.05) is 0 Å². The minimum absolute atomic E-state index is 0.00516. The number of aromatic hydroxyl groups is 1. The predicted molar refractivity (Wildman–Crippen MR) is 77.7 cm³/mol. The van der Waals surface area contributed by atoms with Crippen molar-refractivity contribution in [2.45, 2.75) is 0 Å². The molecule has 0 aliphatic rings. The summed E-state index contributed by atoms with van der Waals surface area (Å²) in [5, 5.41) is 22.6. The third-order valence-corrected chi connectivity index (χ3v) is 2.86. The molecule has 0 saturated carbocycles. The van der Waals surface area contributed by atoms with Crippen LogP contribution in [0.4, 0.5) is 5.69 Å². The summed E-state index contributed by atoms with van der Waals surface area (Å²) >= 11 is 5.76. The van der Waals surface area contributed by atoms with Crippen LogP contribution in [0.25, 0.3) is 0 Å². The van der Waals surface area contributed by atoms with Crippen molar-refractivity contribution in [1.82, 2.24) is 0 Å². The molecule has 0 heterocycles. The number of phenols is 1. The number of carboxylic acid groups (broad SMARTS) is 1. The molecular weight excluding hydrogens is 280 g/mol. The van der Waals surface area contributed by atoms with Crippen LogP contribution in [-0.4, -0.2) is 22.4 Å². The van der Waals surface area contributed by atoms with Crippen molar-refractivity contribution in [3.05, 3.63) is 58.6 Å². The van der Waals surface area contributed by atoms with Gasteiger partial charge in [0.05, 0.1) is 22.5 Å². The summed E-state index contributed by atoms with van der Waals surface area (Å²) in [6, 6.07) is 11.2. The summed E-state index contributed by atoms with van der Waals surface area (Å²) in [6.07, 6.45) is 1.43. The SMILES string of the molecule is O=C(O)c1cc(NN=Cc2ccccc2O)ccc1Cl. The van der Waals surface area contributed by atoms with E-state index in [-0.39, 0.29) is 16.3 Å². The Bertz CT molecular complexity index is 671. The quantitative estimate of drug-likeness (QED) is 0.596. The smallest absolute Gasteiger partial charge is 0.337 e. The highest BCUT2D eigenvalue weighted by Gasteiger charge is 2.08. The number of para-hydroxylation sites is 1. The molecule has 5 nitrogen and oxygen atoms in total. The Balaban J connectivity index is 2.14. The van der Waals surface area contributed by atoms with E-state index in [1.54, 1.807) is 30.3 Å². The van der Waals surface area contributed by atoms with E-state index in [2.05, 4.69) is 10.5 Å². The molecular formula is C14H11ClN2O3. The molecule has 0 amide bonds. The van der Waals surface area contributed by atoms with Gasteiger partial charge in [-0.05, 0) is 30.3 Å². The van der Waals surface area contributed by atoms with Crippen LogP contribution in [0.15, 0.2) is 47.6 Å². The molecule has 0 saturated heterocycles. The zero-order chi connectivity index (χ0) is 14.5. The molecule has 2 rings (SSSR count). The number of carboxylic acids is 1. The number of benzene rings is 2. The number of halogens is 1. The first-order valence-corrected chi connectivity index (χ1v) is 6.05. The maximum absolute atomic E-state index is 10.9. The first-order chi connectivity index (χ1) is 9.58. The number of phenolic OH excluding ortho intramolecular Hbond substituents is 1. The van der Waals surface area contributed by atoms with Gasteiger partial charge in [-0.1, -0.05) is 23.7 Å². The van der Waals surface area contributed by atoms with Crippen LogP contribution >= 0.6 is 11.6 Å². The third-order valence-electron chi connectivity index (χ3n) is 2.53. The normalized spacial score (nSPS) is 10.7. The first-order valence-electron chi connectivity index (χ1n) is 5.68. The van der Waals surface area contributed by atoms with Crippen molar-refractivity contribution in [1.29, 1.82) is 0 Å². The highest BCUT2D eigenvalue weighted by atomic mass is 35.5. The van der Waals surface area contributed by atoms with Crippen LogP contribution in [0.3, 0.4) is 0 Å². The maximum Gasteiger partial charge on any atom is 0.337 e. The molecule has 2 aromatic rings. The summed E-state index contributed by atoms with van der Waals surface area (Å²) in [7, 11) is 0. The van der Waals surface area contributed by atoms with E-state index in [9.17, 15) is 9.90 Å². The largest absolute Gasteiger partial charge is 0.507 e. The fraction of sp³-hybridized carbons (Fsp3) is 0. The van der Waals surface area contributed by atoms with Gasteiger partial charge in [-0.3, -0.25) is 5.43 Å². The zero-order valence-electron chi connectivity index (χ0n) is 10.2. The Kier molecular flexibility index (Phi) is 4.22. The van der Waals surface area contributed by atoms with Crippen LogP contribution in [0.5, 0.6) is 5.75 Å². The minimum Gasteiger partial charge on any atom is -0.507 e. The Morgan fingerprint density at radius 3 is 2.70 bits per heavy atom. The number of nitrogens with zero attached hydrogens (tertiary/aromatic N) is 1. The molecule has 102 valence electrons. The average molecular weight is 291 g/mol. The monoisotopic (exact) mass is 290 g/mol. The van der Waals surface area contributed by atoms with Crippen LogP contribution in [0, 0.1) is 0 Å². The fourth-order valence-electron chi connectivity index (χ4n) is 1.53. The maximum atomic E-state index is 10.9. The van der Waals surface area contributed by atoms with E-state index in [0.717, 1.165) is 0 Å². The van der Waals surface area contributed by atoms with Crippen molar-refractivity contribution in [2.24, 2.45) is 5.10 Å². The standard InChI is InChI=1S/C14H11ClN2O3/c15-12-6-5-10(7-11(12)14(19)20)17-16-8-9-3-1-2-4-13(9)18/h1-8,17-18H,(H,19,20). The minimum atomic E-state index is -1.11. The molecule has 0 bridgehead atoms. The Labute approximate surface area is 120 Å². The molecule has 20 heavy (non-hydrogen) atoms. The second-order valence-corrected chi connectivity index (χ2v) is 4.34. The molecule has 0 fully saturated rings. The van der Waals surface area contributed by atoms with E-state index in [0.29, 0.717) is 11.3 Å². The van der Waals surface area contributed by atoms with Gasteiger partial charge >= 0.3 is 5.97 Å². The number of hydrogen-bond acceptors (Lipinski definition) is 4. The van der Waals surface area contributed by atoms with Crippen molar-refractivity contribution in [3.8, 4) is 5.75 Å². The molecule has 0 radical (unpaired) electrons. The molecule has 0 unspecified atom stereocenters. The third kappa shape index (κ3) is 3.27. The van der Waals surface area contributed by atoms with E-state index >= 15 is 0 Å². The van der Waals surface area contributed by atoms with Gasteiger partial charge in [0.2, 0.25) is 0 Å². The predicted octanol–water partition coefficient (Wildman–Crippen LogP) is 3.19. The lowest BCUT2D eigenvalue weighted by Crippen LogP contribution is -1.99. The second-order valence-electron chi connectivity index (χ2n) is 3.93. The average Bonchev–Trinajstić information content (AvgIpc) is 2.42. The van der Waals surface area contributed by atoms with Gasteiger partial charge in [-0.25, -0.2) is 4.79 Å². The van der Waals surface area contributed by atoms with Crippen molar-refractivity contribution >= 4 is 29.5 Å². The van der Waals surface area contributed by atoms with Crippen molar-refractivity contribution in [2.75, 3.05) is 5.43 Å². The summed E-state index contributed by atoms with van der Waals surface area (Å²) in [5.74, 6) is -0.997. The molecule has 0 atom stereocenters. The van der Waals surface area contributed by atoms with Crippen LogP contribution in [0.2, 0.25) is 5.02 Å². The van der Waals surface area contributed by atoms with Crippen molar-refractivity contribution < 1.29 is 15.0 Å². The summed E-state index contributed by atoms with van der Waals surface area (Å²) in [5.41, 5.74) is 3.71. The van der Waals surface area contributed by atoms with Gasteiger partial charge in [-0.15, -0.1) is 0 Å². The van der Waals surface area contributed by atoms with E-state index in [4.69, 9.17) is 16.7 Å². The van der Waals surface area contributed by atoms with E-state index in [1.165, 1.54) is 18.3 Å². The van der Waals surface area contributed by atoms with Crippen LogP contribution in [-0.2, 0) is 0 Å². The number of nitrogens with one attached hydrogen (secondary N) is 1. The summed E-state index contributed by atoms with van der Waals surface area (Å²) < 4.78 is 0. The lowest BCUT2D eigenvalue weighted by molar-refractivity contribution is 0.0697.